The van der Waals surface area contributed by atoms with Crippen LogP contribution in [-0.2, 0) is 4.74 Å². The molecule has 0 atom stereocenters. The van der Waals surface area contributed by atoms with Crippen LogP contribution in [0.15, 0.2) is 0 Å². The Labute approximate surface area is 93.5 Å². The van der Waals surface area contributed by atoms with Crippen molar-refractivity contribution in [2.45, 2.75) is 20.8 Å². The second kappa shape index (κ2) is 4.66. The SMILES string of the molecule is CCOC(=S)c1c(C)nc(C)nc1Cl. The van der Waals surface area contributed by atoms with Crippen molar-refractivity contribution < 1.29 is 4.74 Å². The number of halogens is 1. The van der Waals surface area contributed by atoms with Gasteiger partial charge in [0, 0.05) is 0 Å². The van der Waals surface area contributed by atoms with Gasteiger partial charge in [-0.3, -0.25) is 0 Å². The summed E-state index contributed by atoms with van der Waals surface area (Å²) < 4.78 is 5.20. The van der Waals surface area contributed by atoms with Crippen molar-refractivity contribution in [1.29, 1.82) is 0 Å². The molecule has 14 heavy (non-hydrogen) atoms. The van der Waals surface area contributed by atoms with E-state index in [0.29, 0.717) is 28.2 Å². The highest BCUT2D eigenvalue weighted by Gasteiger charge is 2.13. The lowest BCUT2D eigenvalue weighted by Gasteiger charge is -2.09. The van der Waals surface area contributed by atoms with E-state index in [0.717, 1.165) is 5.69 Å². The Kier molecular flexibility index (Phi) is 3.77. The topological polar surface area (TPSA) is 35.0 Å². The summed E-state index contributed by atoms with van der Waals surface area (Å²) in [5, 5.41) is 0.712. The zero-order valence-corrected chi connectivity index (χ0v) is 9.87. The molecule has 0 spiro atoms. The number of hydrogen-bond acceptors (Lipinski definition) is 4. The van der Waals surface area contributed by atoms with Crippen LogP contribution in [-0.4, -0.2) is 21.6 Å². The molecule has 76 valence electrons. The van der Waals surface area contributed by atoms with E-state index in [2.05, 4.69) is 9.97 Å². The van der Waals surface area contributed by atoms with E-state index in [-0.39, 0.29) is 0 Å². The quantitative estimate of drug-likeness (QED) is 0.578. The number of thiocarbonyl (C=S) groups is 1. The molecule has 1 rings (SSSR count). The lowest BCUT2D eigenvalue weighted by molar-refractivity contribution is 0.337. The van der Waals surface area contributed by atoms with Gasteiger partial charge in [-0.15, -0.1) is 0 Å². The minimum atomic E-state index is 0.355. The minimum Gasteiger partial charge on any atom is -0.483 e. The van der Waals surface area contributed by atoms with E-state index >= 15 is 0 Å². The number of aryl methyl sites for hydroxylation is 2. The number of rotatable bonds is 2. The van der Waals surface area contributed by atoms with Gasteiger partial charge in [-0.05, 0) is 33.0 Å². The molecule has 0 aliphatic heterocycles. The fourth-order valence-corrected chi connectivity index (χ4v) is 1.87. The minimum absolute atomic E-state index is 0.355. The van der Waals surface area contributed by atoms with Crippen molar-refractivity contribution in [2.24, 2.45) is 0 Å². The first-order valence-electron chi connectivity index (χ1n) is 4.24. The lowest BCUT2D eigenvalue weighted by atomic mass is 10.2. The maximum absolute atomic E-state index is 5.95. The van der Waals surface area contributed by atoms with E-state index in [1.165, 1.54) is 0 Å². The molecule has 0 unspecified atom stereocenters. The molecular formula is C9H11ClN2OS. The van der Waals surface area contributed by atoms with E-state index in [4.69, 9.17) is 28.6 Å². The van der Waals surface area contributed by atoms with Gasteiger partial charge in [0.2, 0.25) is 0 Å². The third-order valence-corrected chi connectivity index (χ3v) is 2.23. The van der Waals surface area contributed by atoms with Crippen LogP contribution in [0, 0.1) is 13.8 Å². The summed E-state index contributed by atoms with van der Waals surface area (Å²) in [6.07, 6.45) is 0. The van der Waals surface area contributed by atoms with E-state index in [9.17, 15) is 0 Å². The lowest BCUT2D eigenvalue weighted by Crippen LogP contribution is -2.09. The van der Waals surface area contributed by atoms with Gasteiger partial charge < -0.3 is 4.74 Å². The Hall–Kier alpha value is -0.740. The molecule has 0 radical (unpaired) electrons. The number of aromatic nitrogens is 2. The molecule has 0 saturated heterocycles. The standard InChI is InChI=1S/C9H11ClN2OS/c1-4-13-9(14)7-5(2)11-6(3)12-8(7)10/h4H2,1-3H3. The Balaban J connectivity index is 3.14. The first-order chi connectivity index (χ1) is 6.56. The van der Waals surface area contributed by atoms with Gasteiger partial charge in [-0.1, -0.05) is 11.6 Å². The van der Waals surface area contributed by atoms with Gasteiger partial charge in [0.05, 0.1) is 17.9 Å². The highest BCUT2D eigenvalue weighted by molar-refractivity contribution is 7.80. The van der Waals surface area contributed by atoms with Crippen LogP contribution in [0.25, 0.3) is 0 Å². The van der Waals surface area contributed by atoms with Crippen LogP contribution < -0.4 is 0 Å². The summed E-state index contributed by atoms with van der Waals surface area (Å²) >= 11 is 11.0. The Morgan fingerprint density at radius 2 is 2.07 bits per heavy atom. The molecule has 5 heteroatoms. The van der Waals surface area contributed by atoms with Gasteiger partial charge in [0.25, 0.3) is 0 Å². The van der Waals surface area contributed by atoms with Crippen LogP contribution in [0.4, 0.5) is 0 Å². The largest absolute Gasteiger partial charge is 0.483 e. The number of hydrogen-bond donors (Lipinski definition) is 0. The van der Waals surface area contributed by atoms with E-state index in [1.54, 1.807) is 6.92 Å². The highest BCUT2D eigenvalue weighted by Crippen LogP contribution is 2.17. The van der Waals surface area contributed by atoms with E-state index in [1.807, 2.05) is 13.8 Å². The van der Waals surface area contributed by atoms with Crippen molar-refractivity contribution in [2.75, 3.05) is 6.61 Å². The van der Waals surface area contributed by atoms with Crippen molar-refractivity contribution in [3.63, 3.8) is 0 Å². The van der Waals surface area contributed by atoms with Gasteiger partial charge in [-0.2, -0.15) is 0 Å². The van der Waals surface area contributed by atoms with Crippen molar-refractivity contribution in [3.8, 4) is 0 Å². The summed E-state index contributed by atoms with van der Waals surface area (Å²) in [5.74, 6) is 0.635. The smallest absolute Gasteiger partial charge is 0.196 e. The monoisotopic (exact) mass is 230 g/mol. The Morgan fingerprint density at radius 1 is 1.43 bits per heavy atom. The molecule has 0 N–H and O–H groups in total. The maximum Gasteiger partial charge on any atom is 0.196 e. The van der Waals surface area contributed by atoms with Crippen LogP contribution in [0.1, 0.15) is 24.0 Å². The zero-order chi connectivity index (χ0) is 10.7. The normalized spacial score (nSPS) is 10.0. The molecule has 3 nitrogen and oxygen atoms in total. The van der Waals surface area contributed by atoms with Gasteiger partial charge >= 0.3 is 0 Å². The molecule has 0 bridgehead atoms. The molecule has 0 aromatic carbocycles. The zero-order valence-electron chi connectivity index (χ0n) is 8.30. The summed E-state index contributed by atoms with van der Waals surface area (Å²) in [6.45, 7) is 6.00. The maximum atomic E-state index is 5.95. The molecular weight excluding hydrogens is 220 g/mol. The number of ether oxygens (including phenoxy) is 1. The van der Waals surface area contributed by atoms with Crippen LogP contribution in [0.5, 0.6) is 0 Å². The predicted octanol–water partition coefficient (Wildman–Crippen LogP) is 2.46. The molecule has 0 aliphatic rings. The fourth-order valence-electron chi connectivity index (χ4n) is 1.11. The van der Waals surface area contributed by atoms with Gasteiger partial charge in [0.15, 0.2) is 5.05 Å². The number of nitrogens with zero attached hydrogens (tertiary/aromatic N) is 2. The summed E-state index contributed by atoms with van der Waals surface area (Å²) in [6, 6.07) is 0. The Bertz CT molecular complexity index is 345. The third kappa shape index (κ3) is 2.39. The van der Waals surface area contributed by atoms with Gasteiger partial charge in [-0.25, -0.2) is 9.97 Å². The van der Waals surface area contributed by atoms with E-state index < -0.39 is 0 Å². The summed E-state index contributed by atoms with van der Waals surface area (Å²) in [7, 11) is 0. The van der Waals surface area contributed by atoms with Crippen LogP contribution >= 0.6 is 23.8 Å². The summed E-state index contributed by atoms with van der Waals surface area (Å²) in [4.78, 5) is 8.20. The third-order valence-electron chi connectivity index (χ3n) is 1.64. The molecule has 0 aliphatic carbocycles. The first-order valence-corrected chi connectivity index (χ1v) is 5.02. The molecule has 0 fully saturated rings. The predicted molar refractivity (Wildman–Crippen MR) is 59.8 cm³/mol. The van der Waals surface area contributed by atoms with Crippen molar-refractivity contribution in [1.82, 2.24) is 9.97 Å². The van der Waals surface area contributed by atoms with Gasteiger partial charge in [0.1, 0.15) is 11.0 Å². The van der Waals surface area contributed by atoms with Crippen LogP contribution in [0.2, 0.25) is 5.15 Å². The fraction of sp³-hybridized carbons (Fsp3) is 0.444. The summed E-state index contributed by atoms with van der Waals surface area (Å²) in [5.41, 5.74) is 1.37. The molecule has 1 aromatic rings. The average molecular weight is 231 g/mol. The van der Waals surface area contributed by atoms with Crippen LogP contribution in [0.3, 0.4) is 0 Å². The molecule has 0 saturated carbocycles. The highest BCUT2D eigenvalue weighted by atomic mass is 35.5. The van der Waals surface area contributed by atoms with Crippen molar-refractivity contribution in [3.05, 3.63) is 22.2 Å². The molecule has 1 heterocycles. The molecule has 0 amide bonds. The average Bonchev–Trinajstić information content (AvgIpc) is 2.01. The molecule has 1 aromatic heterocycles. The Morgan fingerprint density at radius 3 is 2.57 bits per heavy atom. The second-order valence-electron chi connectivity index (χ2n) is 2.74. The van der Waals surface area contributed by atoms with Crippen molar-refractivity contribution >= 4 is 28.9 Å². The first kappa shape index (κ1) is 11.3. The second-order valence-corrected chi connectivity index (χ2v) is 3.47.